The van der Waals surface area contributed by atoms with E-state index in [0.717, 1.165) is 28.0 Å². The first-order valence-corrected chi connectivity index (χ1v) is 6.45. The van der Waals surface area contributed by atoms with Crippen molar-refractivity contribution in [1.29, 1.82) is 0 Å². The molecule has 0 bridgehead atoms. The molecule has 4 nitrogen and oxygen atoms in total. The standard InChI is InChI=1S/C15H20O4/c1-8-9(2)14-12(6-7-15(5,17)19-14)10(3)13(8)18-11(4)16/h17H,6-7H2,1-5H3. The first-order chi connectivity index (χ1) is 8.73. The average molecular weight is 264 g/mol. The molecule has 0 saturated carbocycles. The number of fused-ring (bicyclic) bond motifs is 1. The van der Waals surface area contributed by atoms with Gasteiger partial charge in [0.1, 0.15) is 11.5 Å². The number of carbonyl (C=O) groups excluding carboxylic acids is 1. The molecule has 19 heavy (non-hydrogen) atoms. The van der Waals surface area contributed by atoms with Gasteiger partial charge in [-0.1, -0.05) is 0 Å². The predicted octanol–water partition coefficient (Wildman–Crippen LogP) is 2.57. The Labute approximate surface area is 113 Å². The summed E-state index contributed by atoms with van der Waals surface area (Å²) in [6.45, 7) is 8.80. The van der Waals surface area contributed by atoms with E-state index in [-0.39, 0.29) is 5.97 Å². The number of benzene rings is 1. The summed E-state index contributed by atoms with van der Waals surface area (Å²) in [7, 11) is 0. The number of aliphatic hydroxyl groups is 1. The van der Waals surface area contributed by atoms with Crippen molar-refractivity contribution in [3.8, 4) is 11.5 Å². The summed E-state index contributed by atoms with van der Waals surface area (Å²) in [5.74, 6) is -0.107. The Morgan fingerprint density at radius 3 is 2.47 bits per heavy atom. The molecule has 0 aliphatic carbocycles. The van der Waals surface area contributed by atoms with Gasteiger partial charge in [-0.25, -0.2) is 0 Å². The lowest BCUT2D eigenvalue weighted by Gasteiger charge is -2.34. The Balaban J connectivity index is 2.60. The molecule has 1 aromatic carbocycles. The average Bonchev–Trinajstić information content (AvgIpc) is 2.30. The minimum absolute atomic E-state index is 0.325. The fourth-order valence-corrected chi connectivity index (χ4v) is 2.52. The van der Waals surface area contributed by atoms with Crippen LogP contribution in [-0.2, 0) is 11.2 Å². The molecule has 2 rings (SSSR count). The SMILES string of the molecule is CC(=O)Oc1c(C)c(C)c2c(c1C)CCC(C)(O)O2. The number of hydrogen-bond acceptors (Lipinski definition) is 4. The molecule has 0 aromatic heterocycles. The Kier molecular flexibility index (Phi) is 3.31. The van der Waals surface area contributed by atoms with Gasteiger partial charge < -0.3 is 14.6 Å². The van der Waals surface area contributed by atoms with Crippen molar-refractivity contribution < 1.29 is 19.4 Å². The molecule has 1 aromatic rings. The van der Waals surface area contributed by atoms with Crippen LogP contribution < -0.4 is 9.47 Å². The van der Waals surface area contributed by atoms with Crippen molar-refractivity contribution >= 4 is 5.97 Å². The van der Waals surface area contributed by atoms with E-state index in [1.807, 2.05) is 20.8 Å². The number of ether oxygens (including phenoxy) is 2. The topological polar surface area (TPSA) is 55.8 Å². The summed E-state index contributed by atoms with van der Waals surface area (Å²) in [6.07, 6.45) is 1.24. The van der Waals surface area contributed by atoms with Crippen molar-refractivity contribution in [1.82, 2.24) is 0 Å². The summed E-state index contributed by atoms with van der Waals surface area (Å²) in [4.78, 5) is 11.2. The zero-order chi connectivity index (χ0) is 14.4. The highest BCUT2D eigenvalue weighted by Crippen LogP contribution is 2.43. The van der Waals surface area contributed by atoms with Gasteiger partial charge in [-0.05, 0) is 43.9 Å². The predicted molar refractivity (Wildman–Crippen MR) is 71.5 cm³/mol. The molecule has 0 radical (unpaired) electrons. The number of rotatable bonds is 1. The van der Waals surface area contributed by atoms with E-state index >= 15 is 0 Å². The largest absolute Gasteiger partial charge is 0.462 e. The summed E-state index contributed by atoms with van der Waals surface area (Å²) in [6, 6.07) is 0. The van der Waals surface area contributed by atoms with Gasteiger partial charge in [-0.2, -0.15) is 0 Å². The minimum Gasteiger partial charge on any atom is -0.462 e. The van der Waals surface area contributed by atoms with E-state index in [9.17, 15) is 9.90 Å². The molecule has 0 amide bonds. The Bertz CT molecular complexity index is 544. The zero-order valence-electron chi connectivity index (χ0n) is 12.1. The normalized spacial score (nSPS) is 21.6. The van der Waals surface area contributed by atoms with Crippen LogP contribution >= 0.6 is 0 Å². The van der Waals surface area contributed by atoms with E-state index in [1.165, 1.54) is 6.92 Å². The second kappa shape index (κ2) is 4.53. The Morgan fingerprint density at radius 1 is 1.26 bits per heavy atom. The third kappa shape index (κ3) is 2.45. The first-order valence-electron chi connectivity index (χ1n) is 6.45. The third-order valence-corrected chi connectivity index (χ3v) is 3.72. The van der Waals surface area contributed by atoms with Crippen molar-refractivity contribution in [2.24, 2.45) is 0 Å². The van der Waals surface area contributed by atoms with E-state index < -0.39 is 5.79 Å². The molecule has 4 heteroatoms. The summed E-state index contributed by atoms with van der Waals surface area (Å²) < 4.78 is 11.0. The van der Waals surface area contributed by atoms with Gasteiger partial charge in [0.05, 0.1) is 0 Å². The summed E-state index contributed by atoms with van der Waals surface area (Å²) >= 11 is 0. The smallest absolute Gasteiger partial charge is 0.308 e. The van der Waals surface area contributed by atoms with Gasteiger partial charge in [0.25, 0.3) is 0 Å². The van der Waals surface area contributed by atoms with Crippen LogP contribution in [0.3, 0.4) is 0 Å². The molecule has 1 aliphatic heterocycles. The van der Waals surface area contributed by atoms with Gasteiger partial charge >= 0.3 is 5.97 Å². The lowest BCUT2D eigenvalue weighted by Crippen LogP contribution is -2.36. The van der Waals surface area contributed by atoms with Crippen molar-refractivity contribution in [2.75, 3.05) is 0 Å². The molecule has 1 unspecified atom stereocenters. The van der Waals surface area contributed by atoms with Crippen molar-refractivity contribution in [3.05, 3.63) is 22.3 Å². The highest BCUT2D eigenvalue weighted by molar-refractivity contribution is 5.72. The molecule has 1 N–H and O–H groups in total. The zero-order valence-corrected chi connectivity index (χ0v) is 12.1. The molecule has 1 aliphatic rings. The van der Waals surface area contributed by atoms with Crippen molar-refractivity contribution in [2.45, 2.75) is 53.2 Å². The summed E-state index contributed by atoms with van der Waals surface area (Å²) in [5, 5.41) is 10.0. The quantitative estimate of drug-likeness (QED) is 0.625. The Hall–Kier alpha value is -1.55. The molecular weight excluding hydrogens is 244 g/mol. The molecule has 0 fully saturated rings. The Morgan fingerprint density at radius 2 is 1.89 bits per heavy atom. The van der Waals surface area contributed by atoms with E-state index in [2.05, 4.69) is 0 Å². The van der Waals surface area contributed by atoms with Crippen molar-refractivity contribution in [3.63, 3.8) is 0 Å². The fourth-order valence-electron chi connectivity index (χ4n) is 2.52. The third-order valence-electron chi connectivity index (χ3n) is 3.72. The monoisotopic (exact) mass is 264 g/mol. The van der Waals surface area contributed by atoms with Crippen LogP contribution in [0.1, 0.15) is 42.5 Å². The van der Waals surface area contributed by atoms with Gasteiger partial charge in [0, 0.05) is 25.8 Å². The van der Waals surface area contributed by atoms with E-state index in [1.54, 1.807) is 6.92 Å². The lowest BCUT2D eigenvalue weighted by atomic mass is 9.91. The highest BCUT2D eigenvalue weighted by atomic mass is 16.6. The summed E-state index contributed by atoms with van der Waals surface area (Å²) in [5.41, 5.74) is 3.73. The van der Waals surface area contributed by atoms with Crippen LogP contribution in [0, 0.1) is 20.8 Å². The molecule has 0 spiro atoms. The maximum absolute atomic E-state index is 11.2. The van der Waals surface area contributed by atoms with Gasteiger partial charge in [-0.3, -0.25) is 4.79 Å². The molecular formula is C15H20O4. The molecule has 104 valence electrons. The van der Waals surface area contributed by atoms with Crippen LogP contribution in [0.15, 0.2) is 0 Å². The lowest BCUT2D eigenvalue weighted by molar-refractivity contribution is -0.135. The van der Waals surface area contributed by atoms with E-state index in [0.29, 0.717) is 18.6 Å². The van der Waals surface area contributed by atoms with Crippen LogP contribution in [-0.4, -0.2) is 16.9 Å². The molecule has 1 atom stereocenters. The fraction of sp³-hybridized carbons (Fsp3) is 0.533. The van der Waals surface area contributed by atoms with Crippen LogP contribution in [0.25, 0.3) is 0 Å². The molecule has 0 saturated heterocycles. The number of hydrogen-bond donors (Lipinski definition) is 1. The van der Waals surface area contributed by atoms with Crippen LogP contribution in [0.2, 0.25) is 0 Å². The first kappa shape index (κ1) is 13.9. The van der Waals surface area contributed by atoms with Gasteiger partial charge in [0.2, 0.25) is 5.79 Å². The second-order valence-electron chi connectivity index (χ2n) is 5.38. The second-order valence-corrected chi connectivity index (χ2v) is 5.38. The number of carbonyl (C=O) groups is 1. The molecule has 1 heterocycles. The number of esters is 1. The highest BCUT2D eigenvalue weighted by Gasteiger charge is 2.32. The van der Waals surface area contributed by atoms with Crippen LogP contribution in [0.4, 0.5) is 0 Å². The van der Waals surface area contributed by atoms with Crippen LogP contribution in [0.5, 0.6) is 11.5 Å². The minimum atomic E-state index is -1.13. The maximum atomic E-state index is 11.2. The maximum Gasteiger partial charge on any atom is 0.308 e. The van der Waals surface area contributed by atoms with Gasteiger partial charge in [-0.15, -0.1) is 0 Å². The van der Waals surface area contributed by atoms with E-state index in [4.69, 9.17) is 9.47 Å². The van der Waals surface area contributed by atoms with Gasteiger partial charge in [0.15, 0.2) is 0 Å².